The number of aliphatic hydroxyl groups excluding tert-OH is 1. The standard InChI is InChI=1S/C15H23NO/c1-15(2,12-7-4-3-5-8-12)11-16-13-9-6-10-14(13)17/h3-5,7-8,13-14,16-17H,6,9-11H2,1-2H3. The van der Waals surface area contributed by atoms with E-state index in [1.54, 1.807) is 0 Å². The molecule has 17 heavy (non-hydrogen) atoms. The molecule has 0 spiro atoms. The smallest absolute Gasteiger partial charge is 0.0693 e. The molecular weight excluding hydrogens is 210 g/mol. The van der Waals surface area contributed by atoms with Gasteiger partial charge in [-0.3, -0.25) is 0 Å². The monoisotopic (exact) mass is 233 g/mol. The molecule has 1 aliphatic carbocycles. The van der Waals surface area contributed by atoms with Crippen molar-refractivity contribution in [1.82, 2.24) is 5.32 Å². The molecule has 0 radical (unpaired) electrons. The van der Waals surface area contributed by atoms with Crippen molar-refractivity contribution in [2.24, 2.45) is 0 Å². The first-order valence-electron chi connectivity index (χ1n) is 6.56. The van der Waals surface area contributed by atoms with E-state index in [1.807, 2.05) is 6.07 Å². The highest BCUT2D eigenvalue weighted by atomic mass is 16.3. The second-order valence-electron chi connectivity index (χ2n) is 5.74. The fraction of sp³-hybridized carbons (Fsp3) is 0.600. The van der Waals surface area contributed by atoms with E-state index in [1.165, 1.54) is 5.56 Å². The topological polar surface area (TPSA) is 32.3 Å². The first-order valence-corrected chi connectivity index (χ1v) is 6.56. The highest BCUT2D eigenvalue weighted by Gasteiger charge is 2.27. The second kappa shape index (κ2) is 5.19. The molecule has 2 nitrogen and oxygen atoms in total. The minimum Gasteiger partial charge on any atom is -0.392 e. The van der Waals surface area contributed by atoms with E-state index in [9.17, 15) is 5.11 Å². The van der Waals surface area contributed by atoms with Gasteiger partial charge in [0, 0.05) is 18.0 Å². The Morgan fingerprint density at radius 3 is 2.53 bits per heavy atom. The van der Waals surface area contributed by atoms with Gasteiger partial charge in [-0.2, -0.15) is 0 Å². The molecule has 0 aliphatic heterocycles. The molecule has 0 aromatic heterocycles. The number of aliphatic hydroxyl groups is 1. The van der Waals surface area contributed by atoms with Crippen LogP contribution in [0, 0.1) is 0 Å². The van der Waals surface area contributed by atoms with E-state index in [4.69, 9.17) is 0 Å². The van der Waals surface area contributed by atoms with E-state index < -0.39 is 0 Å². The molecule has 2 N–H and O–H groups in total. The van der Waals surface area contributed by atoms with Gasteiger partial charge in [-0.15, -0.1) is 0 Å². The van der Waals surface area contributed by atoms with Crippen molar-refractivity contribution in [3.8, 4) is 0 Å². The van der Waals surface area contributed by atoms with Crippen LogP contribution in [0.5, 0.6) is 0 Å². The first-order chi connectivity index (χ1) is 8.09. The zero-order valence-corrected chi connectivity index (χ0v) is 10.8. The number of benzene rings is 1. The summed E-state index contributed by atoms with van der Waals surface area (Å²) in [6, 6.07) is 10.9. The molecule has 1 aromatic rings. The summed E-state index contributed by atoms with van der Waals surface area (Å²) in [5, 5.41) is 13.3. The zero-order valence-electron chi connectivity index (χ0n) is 10.8. The molecule has 0 bridgehead atoms. The lowest BCUT2D eigenvalue weighted by atomic mass is 9.84. The normalized spacial score (nSPS) is 25.1. The van der Waals surface area contributed by atoms with Crippen molar-refractivity contribution in [1.29, 1.82) is 0 Å². The van der Waals surface area contributed by atoms with Gasteiger partial charge in [0.1, 0.15) is 0 Å². The molecule has 0 amide bonds. The minimum atomic E-state index is -0.151. The Labute approximate surface area is 104 Å². The van der Waals surface area contributed by atoms with Crippen LogP contribution in [0.3, 0.4) is 0 Å². The maximum atomic E-state index is 9.79. The summed E-state index contributed by atoms with van der Waals surface area (Å²) < 4.78 is 0. The Morgan fingerprint density at radius 1 is 1.24 bits per heavy atom. The molecule has 1 fully saturated rings. The summed E-state index contributed by atoms with van der Waals surface area (Å²) in [5.74, 6) is 0. The Hall–Kier alpha value is -0.860. The van der Waals surface area contributed by atoms with Gasteiger partial charge in [0.2, 0.25) is 0 Å². The summed E-state index contributed by atoms with van der Waals surface area (Å²) in [6.07, 6.45) is 3.04. The average Bonchev–Trinajstić information content (AvgIpc) is 2.74. The van der Waals surface area contributed by atoms with Gasteiger partial charge in [0.05, 0.1) is 6.10 Å². The van der Waals surface area contributed by atoms with Crippen LogP contribution in [-0.4, -0.2) is 23.8 Å². The molecule has 1 aliphatic rings. The third-order valence-electron chi connectivity index (χ3n) is 3.84. The highest BCUT2D eigenvalue weighted by Crippen LogP contribution is 2.24. The predicted octanol–water partition coefficient (Wildman–Crippen LogP) is 2.47. The molecule has 2 atom stereocenters. The number of hydrogen-bond donors (Lipinski definition) is 2. The van der Waals surface area contributed by atoms with Crippen molar-refractivity contribution < 1.29 is 5.11 Å². The molecule has 0 saturated heterocycles. The third kappa shape index (κ3) is 3.08. The number of hydrogen-bond acceptors (Lipinski definition) is 2. The van der Waals surface area contributed by atoms with Crippen molar-refractivity contribution in [2.45, 2.75) is 50.7 Å². The van der Waals surface area contributed by atoms with Crippen LogP contribution in [0.2, 0.25) is 0 Å². The molecular formula is C15H23NO. The average molecular weight is 233 g/mol. The van der Waals surface area contributed by atoms with Gasteiger partial charge in [0.25, 0.3) is 0 Å². The van der Waals surface area contributed by atoms with Gasteiger partial charge < -0.3 is 10.4 Å². The molecule has 1 saturated carbocycles. The Kier molecular flexibility index (Phi) is 3.85. The quantitative estimate of drug-likeness (QED) is 0.837. The number of rotatable bonds is 4. The third-order valence-corrected chi connectivity index (χ3v) is 3.84. The number of nitrogens with one attached hydrogen (secondary N) is 1. The maximum absolute atomic E-state index is 9.79. The van der Waals surface area contributed by atoms with Crippen molar-refractivity contribution in [3.05, 3.63) is 35.9 Å². The van der Waals surface area contributed by atoms with Crippen molar-refractivity contribution in [3.63, 3.8) is 0 Å². The van der Waals surface area contributed by atoms with Crippen LogP contribution < -0.4 is 5.32 Å². The van der Waals surface area contributed by atoms with Crippen LogP contribution in [-0.2, 0) is 5.41 Å². The van der Waals surface area contributed by atoms with E-state index in [2.05, 4.69) is 43.4 Å². The van der Waals surface area contributed by atoms with E-state index >= 15 is 0 Å². The van der Waals surface area contributed by atoms with E-state index in [0.29, 0.717) is 0 Å². The van der Waals surface area contributed by atoms with Crippen LogP contribution in [0.25, 0.3) is 0 Å². The summed E-state index contributed by atoms with van der Waals surface area (Å²) in [5.41, 5.74) is 1.46. The molecule has 2 unspecified atom stereocenters. The highest BCUT2D eigenvalue weighted by molar-refractivity contribution is 5.23. The summed E-state index contributed by atoms with van der Waals surface area (Å²) in [6.45, 7) is 5.41. The van der Waals surface area contributed by atoms with Crippen molar-refractivity contribution in [2.75, 3.05) is 6.54 Å². The van der Waals surface area contributed by atoms with Gasteiger partial charge in [-0.05, 0) is 24.8 Å². The van der Waals surface area contributed by atoms with E-state index in [-0.39, 0.29) is 17.6 Å². The van der Waals surface area contributed by atoms with Gasteiger partial charge >= 0.3 is 0 Å². The van der Waals surface area contributed by atoms with E-state index in [0.717, 1.165) is 25.8 Å². The SMILES string of the molecule is CC(C)(CNC1CCCC1O)c1ccccc1. The van der Waals surface area contributed by atoms with Crippen LogP contribution in [0.15, 0.2) is 30.3 Å². The fourth-order valence-electron chi connectivity index (χ4n) is 2.56. The van der Waals surface area contributed by atoms with Gasteiger partial charge in [-0.25, -0.2) is 0 Å². The lowest BCUT2D eigenvalue weighted by Gasteiger charge is -2.28. The lowest BCUT2D eigenvalue weighted by Crippen LogP contribution is -2.42. The maximum Gasteiger partial charge on any atom is 0.0693 e. The van der Waals surface area contributed by atoms with Gasteiger partial charge in [-0.1, -0.05) is 44.2 Å². The fourth-order valence-corrected chi connectivity index (χ4v) is 2.56. The van der Waals surface area contributed by atoms with Gasteiger partial charge in [0.15, 0.2) is 0 Å². The Bertz CT molecular complexity index is 347. The summed E-state index contributed by atoms with van der Waals surface area (Å²) in [7, 11) is 0. The molecule has 2 rings (SSSR count). The summed E-state index contributed by atoms with van der Waals surface area (Å²) >= 11 is 0. The molecule has 2 heteroatoms. The summed E-state index contributed by atoms with van der Waals surface area (Å²) in [4.78, 5) is 0. The zero-order chi connectivity index (χ0) is 12.3. The Balaban J connectivity index is 1.93. The Morgan fingerprint density at radius 2 is 1.94 bits per heavy atom. The largest absolute Gasteiger partial charge is 0.392 e. The lowest BCUT2D eigenvalue weighted by molar-refractivity contribution is 0.146. The first kappa shape index (κ1) is 12.6. The molecule has 1 aromatic carbocycles. The van der Waals surface area contributed by atoms with Crippen LogP contribution in [0.1, 0.15) is 38.7 Å². The molecule has 94 valence electrons. The second-order valence-corrected chi connectivity index (χ2v) is 5.74. The predicted molar refractivity (Wildman–Crippen MR) is 71.1 cm³/mol. The van der Waals surface area contributed by atoms with Crippen LogP contribution in [0.4, 0.5) is 0 Å². The molecule has 0 heterocycles. The van der Waals surface area contributed by atoms with Crippen LogP contribution >= 0.6 is 0 Å². The van der Waals surface area contributed by atoms with Crippen molar-refractivity contribution >= 4 is 0 Å². The minimum absolute atomic E-state index is 0.115.